The van der Waals surface area contributed by atoms with Crippen molar-refractivity contribution in [1.29, 1.82) is 0 Å². The molecule has 256 valence electrons. The van der Waals surface area contributed by atoms with E-state index in [4.69, 9.17) is 52.6 Å². The number of benzene rings is 3. The number of carbonyl (C=O) groups is 2. The first-order valence-electron chi connectivity index (χ1n) is 13.7. The average Bonchev–Trinajstić information content (AvgIpc) is 2.98. The Kier molecular flexibility index (Phi) is 14.4. The van der Waals surface area contributed by atoms with Gasteiger partial charge in [0.1, 0.15) is 0 Å². The Bertz CT molecular complexity index is 1550. The van der Waals surface area contributed by atoms with Crippen molar-refractivity contribution < 1.29 is 36.6 Å². The number of nitrogens with one attached hydrogen (secondary N) is 4. The summed E-state index contributed by atoms with van der Waals surface area (Å²) in [5, 5.41) is 11.5. The summed E-state index contributed by atoms with van der Waals surface area (Å²) < 4.78 is 63.1. The molecule has 0 atom stereocenters. The lowest BCUT2D eigenvalue weighted by Crippen LogP contribution is -2.38. The van der Waals surface area contributed by atoms with Crippen molar-refractivity contribution in [3.8, 4) is 0 Å². The second-order valence-corrected chi connectivity index (χ2v) is 10.6. The van der Waals surface area contributed by atoms with E-state index in [1.165, 1.54) is 32.0 Å². The monoisotopic (exact) mass is 721 g/mol. The van der Waals surface area contributed by atoms with Gasteiger partial charge in [0.15, 0.2) is 5.11 Å². The number of anilines is 7. The van der Waals surface area contributed by atoms with Gasteiger partial charge >= 0.3 is 23.8 Å². The van der Waals surface area contributed by atoms with Gasteiger partial charge in [0.05, 0.1) is 71.1 Å². The topological polar surface area (TPSA) is 179 Å². The molecule has 3 rings (SSSR count). The maximum absolute atomic E-state index is 13.9. The molecule has 3 aromatic carbocycles. The predicted octanol–water partition coefficient (Wildman–Crippen LogP) is 6.46. The fraction of sp³-hybridized carbons (Fsp3) is 0.276. The number of hydrogen-bond acceptors (Lipinski definition) is 10. The van der Waals surface area contributed by atoms with E-state index in [0.717, 1.165) is 0 Å². The largest absolute Gasteiger partial charge is 0.462 e. The maximum Gasteiger partial charge on any atom is 0.378 e. The first-order chi connectivity index (χ1) is 22.0. The Labute approximate surface area is 283 Å². The number of hydrogen-bond donors (Lipinski definition) is 7. The number of rotatable bonds is 12. The SMILES string of the molecule is CCOC(=O)C(F)(F)CNc1c(N)cccc1N.CCOC(=O)C(F)(F)CNc1c(N)cccc1NC(=S)Nc1ccc(Cl)cc1Cl. The number of halogens is 6. The molecule has 0 aliphatic carbocycles. The number of nitrogen functional groups attached to an aromatic ring is 3. The van der Waals surface area contributed by atoms with Gasteiger partial charge in [-0.3, -0.25) is 0 Å². The van der Waals surface area contributed by atoms with Gasteiger partial charge in [-0.2, -0.15) is 17.6 Å². The zero-order chi connectivity index (χ0) is 35.4. The van der Waals surface area contributed by atoms with E-state index in [1.807, 2.05) is 0 Å². The van der Waals surface area contributed by atoms with Crippen molar-refractivity contribution in [2.24, 2.45) is 0 Å². The number of alkyl halides is 4. The van der Waals surface area contributed by atoms with Gasteiger partial charge in [0.25, 0.3) is 0 Å². The van der Waals surface area contributed by atoms with Crippen molar-refractivity contribution in [3.63, 3.8) is 0 Å². The number of ether oxygens (including phenoxy) is 2. The minimum absolute atomic E-state index is 0.107. The van der Waals surface area contributed by atoms with Crippen LogP contribution >= 0.6 is 35.4 Å². The Morgan fingerprint density at radius 1 is 0.745 bits per heavy atom. The molecule has 47 heavy (non-hydrogen) atoms. The second-order valence-electron chi connectivity index (χ2n) is 9.34. The highest BCUT2D eigenvalue weighted by Crippen LogP contribution is 2.31. The molecule has 0 bridgehead atoms. The van der Waals surface area contributed by atoms with Gasteiger partial charge in [-0.1, -0.05) is 35.3 Å². The number of nitrogens with two attached hydrogens (primary N) is 3. The van der Waals surface area contributed by atoms with Gasteiger partial charge in [0, 0.05) is 5.02 Å². The summed E-state index contributed by atoms with van der Waals surface area (Å²) in [7, 11) is 0. The molecule has 0 radical (unpaired) electrons. The van der Waals surface area contributed by atoms with Crippen LogP contribution in [-0.4, -0.2) is 55.2 Å². The third-order valence-corrected chi connectivity index (χ3v) is 6.53. The van der Waals surface area contributed by atoms with Crippen LogP contribution in [0.5, 0.6) is 0 Å². The molecular weight excluding hydrogens is 689 g/mol. The van der Waals surface area contributed by atoms with Crippen LogP contribution in [0.4, 0.5) is 57.4 Å². The second kappa shape index (κ2) is 17.5. The quantitative estimate of drug-likeness (QED) is 0.0471. The highest BCUT2D eigenvalue weighted by atomic mass is 35.5. The minimum Gasteiger partial charge on any atom is -0.462 e. The lowest BCUT2D eigenvalue weighted by molar-refractivity contribution is -0.169. The van der Waals surface area contributed by atoms with E-state index in [2.05, 4.69) is 30.7 Å². The molecule has 0 amide bonds. The number of para-hydroxylation sites is 2. The molecule has 11 nitrogen and oxygen atoms in total. The van der Waals surface area contributed by atoms with E-state index in [1.54, 1.807) is 36.4 Å². The van der Waals surface area contributed by atoms with E-state index in [0.29, 0.717) is 21.4 Å². The van der Waals surface area contributed by atoms with Crippen LogP contribution in [0.3, 0.4) is 0 Å². The van der Waals surface area contributed by atoms with Crippen LogP contribution in [0.1, 0.15) is 13.8 Å². The fourth-order valence-corrected chi connectivity index (χ4v) is 4.22. The van der Waals surface area contributed by atoms with E-state index in [-0.39, 0.29) is 46.8 Å². The predicted molar refractivity (Wildman–Crippen MR) is 183 cm³/mol. The zero-order valence-corrected chi connectivity index (χ0v) is 27.4. The summed E-state index contributed by atoms with van der Waals surface area (Å²) in [6, 6.07) is 14.1. The fourth-order valence-electron chi connectivity index (χ4n) is 3.55. The summed E-state index contributed by atoms with van der Waals surface area (Å²) in [6.45, 7) is 0.711. The number of thiocarbonyl (C=S) groups is 1. The molecule has 0 saturated carbocycles. The molecule has 0 aromatic heterocycles. The lowest BCUT2D eigenvalue weighted by atomic mass is 10.2. The summed E-state index contributed by atoms with van der Waals surface area (Å²) in [5.41, 5.74) is 18.9. The summed E-state index contributed by atoms with van der Waals surface area (Å²) in [6.07, 6.45) is 0. The van der Waals surface area contributed by atoms with Crippen molar-refractivity contribution in [1.82, 2.24) is 0 Å². The first-order valence-corrected chi connectivity index (χ1v) is 14.8. The molecule has 0 saturated heterocycles. The smallest absolute Gasteiger partial charge is 0.378 e. The van der Waals surface area contributed by atoms with E-state index >= 15 is 0 Å². The van der Waals surface area contributed by atoms with E-state index < -0.39 is 36.9 Å². The van der Waals surface area contributed by atoms with Crippen LogP contribution < -0.4 is 38.5 Å². The summed E-state index contributed by atoms with van der Waals surface area (Å²) in [5.74, 6) is -10.6. The van der Waals surface area contributed by atoms with Gasteiger partial charge in [-0.25, -0.2) is 9.59 Å². The van der Waals surface area contributed by atoms with Gasteiger partial charge < -0.3 is 47.9 Å². The molecule has 10 N–H and O–H groups in total. The van der Waals surface area contributed by atoms with Crippen molar-refractivity contribution >= 4 is 92.3 Å². The minimum atomic E-state index is -3.73. The van der Waals surface area contributed by atoms with Crippen LogP contribution in [-0.2, 0) is 19.1 Å². The highest BCUT2D eigenvalue weighted by Gasteiger charge is 2.41. The van der Waals surface area contributed by atoms with E-state index in [9.17, 15) is 27.2 Å². The standard InChI is InChI=1S/C18H18Cl2F2N4O2S.C11H15F2N3O2/c1-2-28-16(27)18(21,22)9-24-15-12(23)4-3-5-14(15)26-17(29)25-13-7-6-10(19)8-11(13)20;1-2-18-10(17)11(12,13)6-16-9-7(14)4-3-5-8(9)15/h3-8,24H,2,9,23H2,1H3,(H2,25,26,29);3-5,16H,2,6,14-15H2,1H3. The van der Waals surface area contributed by atoms with Crippen molar-refractivity contribution in [3.05, 3.63) is 64.6 Å². The third kappa shape index (κ3) is 11.7. The number of carbonyl (C=O) groups excluding carboxylic acids is 2. The van der Waals surface area contributed by atoms with Crippen LogP contribution in [0, 0.1) is 0 Å². The van der Waals surface area contributed by atoms with Crippen LogP contribution in [0.25, 0.3) is 0 Å². The molecule has 3 aromatic rings. The van der Waals surface area contributed by atoms with Crippen molar-refractivity contribution in [2.75, 3.05) is 64.8 Å². The Morgan fingerprint density at radius 3 is 1.68 bits per heavy atom. The molecule has 18 heteroatoms. The normalized spacial score (nSPS) is 11.0. The maximum atomic E-state index is 13.9. The molecule has 0 spiro atoms. The Morgan fingerprint density at radius 2 is 1.19 bits per heavy atom. The number of esters is 2. The highest BCUT2D eigenvalue weighted by molar-refractivity contribution is 7.80. The van der Waals surface area contributed by atoms with Gasteiger partial charge in [-0.05, 0) is 68.5 Å². The van der Waals surface area contributed by atoms with Crippen LogP contribution in [0.15, 0.2) is 54.6 Å². The average molecular weight is 723 g/mol. The lowest BCUT2D eigenvalue weighted by Gasteiger charge is -2.20. The zero-order valence-electron chi connectivity index (χ0n) is 25.1. The first kappa shape index (κ1) is 38.8. The summed E-state index contributed by atoms with van der Waals surface area (Å²) >= 11 is 17.2. The molecule has 0 heterocycles. The van der Waals surface area contributed by atoms with Gasteiger partial charge in [-0.15, -0.1) is 0 Å². The Balaban J connectivity index is 0.000000366. The molecule has 0 unspecified atom stereocenters. The molecule has 0 fully saturated rings. The molecule has 0 aliphatic rings. The molecular formula is C29H33Cl2F4N7O4S. The third-order valence-electron chi connectivity index (χ3n) is 5.78. The van der Waals surface area contributed by atoms with Gasteiger partial charge in [0.2, 0.25) is 0 Å². The van der Waals surface area contributed by atoms with Crippen molar-refractivity contribution in [2.45, 2.75) is 25.7 Å². The molecule has 0 aliphatic heterocycles. The summed E-state index contributed by atoms with van der Waals surface area (Å²) in [4.78, 5) is 22.4. The Hall–Kier alpha value is -4.41. The van der Waals surface area contributed by atoms with Crippen LogP contribution in [0.2, 0.25) is 10.0 Å².